The van der Waals surface area contributed by atoms with Crippen LogP contribution in [0.4, 0.5) is 10.1 Å². The first-order valence-electron chi connectivity index (χ1n) is 8.60. The molecule has 3 aromatic carbocycles. The Kier molecular flexibility index (Phi) is 6.20. The lowest BCUT2D eigenvalue weighted by Crippen LogP contribution is -2.02. The summed E-state index contributed by atoms with van der Waals surface area (Å²) in [5, 5.41) is 3.31. The average Bonchev–Trinajstić information content (AvgIpc) is 2.68. The highest BCUT2D eigenvalue weighted by Gasteiger charge is 2.08. The van der Waals surface area contributed by atoms with Crippen LogP contribution < -0.4 is 14.8 Å². The Hall–Kier alpha value is -2.72. The van der Waals surface area contributed by atoms with E-state index in [1.807, 2.05) is 36.4 Å². The van der Waals surface area contributed by atoms with Gasteiger partial charge in [0.2, 0.25) is 0 Å². The fourth-order valence-corrected chi connectivity index (χ4v) is 2.86. The second kappa shape index (κ2) is 8.78. The molecule has 0 aliphatic carbocycles. The minimum atomic E-state index is -0.431. The van der Waals surface area contributed by atoms with Crippen LogP contribution in [0.1, 0.15) is 16.7 Å². The molecule has 3 rings (SSSR count). The van der Waals surface area contributed by atoms with Gasteiger partial charge in [-0.1, -0.05) is 41.9 Å². The molecule has 0 spiro atoms. The van der Waals surface area contributed by atoms with E-state index in [1.165, 1.54) is 11.6 Å². The molecule has 27 heavy (non-hydrogen) atoms. The van der Waals surface area contributed by atoms with E-state index < -0.39 is 5.82 Å². The number of anilines is 1. The predicted octanol–water partition coefficient (Wildman–Crippen LogP) is 5.99. The van der Waals surface area contributed by atoms with Crippen molar-refractivity contribution in [3.8, 4) is 11.5 Å². The van der Waals surface area contributed by atoms with Gasteiger partial charge in [0.05, 0.1) is 12.1 Å². The van der Waals surface area contributed by atoms with Gasteiger partial charge < -0.3 is 14.8 Å². The molecule has 0 aliphatic heterocycles. The fraction of sp³-hybridized carbons (Fsp3) is 0.182. The third-order valence-corrected chi connectivity index (χ3v) is 4.58. The van der Waals surface area contributed by atoms with E-state index in [2.05, 4.69) is 18.3 Å². The number of nitrogens with one attached hydrogen (secondary N) is 1. The zero-order chi connectivity index (χ0) is 19.2. The van der Waals surface area contributed by atoms with Crippen molar-refractivity contribution in [1.82, 2.24) is 0 Å². The van der Waals surface area contributed by atoms with Crippen LogP contribution in [-0.4, -0.2) is 7.11 Å². The Morgan fingerprint density at radius 2 is 1.81 bits per heavy atom. The Balaban J connectivity index is 1.66. The lowest BCUT2D eigenvalue weighted by atomic mass is 10.1. The largest absolute Gasteiger partial charge is 0.493 e. The van der Waals surface area contributed by atoms with Crippen LogP contribution in [0.25, 0.3) is 0 Å². The molecule has 0 aliphatic rings. The normalized spacial score (nSPS) is 10.5. The summed E-state index contributed by atoms with van der Waals surface area (Å²) in [5.41, 5.74) is 4.09. The summed E-state index contributed by atoms with van der Waals surface area (Å²) >= 11 is 5.81. The van der Waals surface area contributed by atoms with Crippen molar-refractivity contribution in [3.63, 3.8) is 0 Å². The summed E-state index contributed by atoms with van der Waals surface area (Å²) in [5.74, 6) is 0.924. The minimum Gasteiger partial charge on any atom is -0.493 e. The van der Waals surface area contributed by atoms with E-state index in [0.717, 1.165) is 16.8 Å². The Bertz CT molecular complexity index is 930. The zero-order valence-corrected chi connectivity index (χ0v) is 16.0. The molecule has 0 heterocycles. The zero-order valence-electron chi connectivity index (χ0n) is 15.3. The number of methoxy groups -OCH3 is 1. The number of halogens is 2. The number of hydrogen-bond donors (Lipinski definition) is 1. The van der Waals surface area contributed by atoms with Gasteiger partial charge >= 0.3 is 0 Å². The van der Waals surface area contributed by atoms with Crippen LogP contribution in [0.3, 0.4) is 0 Å². The average molecular weight is 386 g/mol. The number of ether oxygens (including phenoxy) is 2. The van der Waals surface area contributed by atoms with Gasteiger partial charge in [-0.15, -0.1) is 0 Å². The maximum absolute atomic E-state index is 13.2. The highest BCUT2D eigenvalue weighted by atomic mass is 35.5. The maximum Gasteiger partial charge on any atom is 0.161 e. The van der Waals surface area contributed by atoms with Crippen LogP contribution in [0.2, 0.25) is 5.02 Å². The van der Waals surface area contributed by atoms with Gasteiger partial charge in [0.25, 0.3) is 0 Å². The molecule has 140 valence electrons. The summed E-state index contributed by atoms with van der Waals surface area (Å²) in [4.78, 5) is 0. The summed E-state index contributed by atoms with van der Waals surface area (Å²) in [6.07, 6.45) is 0. The Morgan fingerprint density at radius 1 is 1.00 bits per heavy atom. The van der Waals surface area contributed by atoms with Crippen LogP contribution in [0.15, 0.2) is 60.7 Å². The van der Waals surface area contributed by atoms with E-state index in [0.29, 0.717) is 24.7 Å². The maximum atomic E-state index is 13.2. The molecule has 5 heteroatoms. The molecule has 0 fully saturated rings. The number of benzene rings is 3. The standard InChI is InChI=1S/C22H21ClFNO2/c1-15-5-3-4-6-17(15)14-27-21-10-7-16(11-22(21)26-2)13-25-18-8-9-20(24)19(23)12-18/h3-12,25H,13-14H2,1-2H3. The van der Waals surface area contributed by atoms with Crippen molar-refractivity contribution in [3.05, 3.63) is 88.2 Å². The topological polar surface area (TPSA) is 30.5 Å². The van der Waals surface area contributed by atoms with Gasteiger partial charge in [0.15, 0.2) is 11.5 Å². The Morgan fingerprint density at radius 3 is 2.56 bits per heavy atom. The molecular formula is C22H21ClFNO2. The van der Waals surface area contributed by atoms with Crippen molar-refractivity contribution < 1.29 is 13.9 Å². The molecule has 0 saturated carbocycles. The van der Waals surface area contributed by atoms with Gasteiger partial charge in [-0.2, -0.15) is 0 Å². The molecule has 0 saturated heterocycles. The van der Waals surface area contributed by atoms with Gasteiger partial charge in [-0.25, -0.2) is 4.39 Å². The molecule has 0 bridgehead atoms. The first-order valence-corrected chi connectivity index (χ1v) is 8.98. The van der Waals surface area contributed by atoms with Gasteiger partial charge in [0.1, 0.15) is 12.4 Å². The summed E-state index contributed by atoms with van der Waals surface area (Å²) in [7, 11) is 1.62. The van der Waals surface area contributed by atoms with Crippen LogP contribution in [0, 0.1) is 12.7 Å². The smallest absolute Gasteiger partial charge is 0.161 e. The van der Waals surface area contributed by atoms with E-state index in [9.17, 15) is 4.39 Å². The SMILES string of the molecule is COc1cc(CNc2ccc(F)c(Cl)c2)ccc1OCc1ccccc1C. The third-order valence-electron chi connectivity index (χ3n) is 4.29. The second-order valence-electron chi connectivity index (χ2n) is 6.18. The first kappa shape index (κ1) is 19.1. The van der Waals surface area contributed by atoms with Gasteiger partial charge in [-0.05, 0) is 53.9 Å². The fourth-order valence-electron chi connectivity index (χ4n) is 2.68. The van der Waals surface area contributed by atoms with Gasteiger partial charge in [0, 0.05) is 12.2 Å². The number of aryl methyl sites for hydroxylation is 1. The van der Waals surface area contributed by atoms with E-state index in [1.54, 1.807) is 19.2 Å². The predicted molar refractivity (Wildman–Crippen MR) is 107 cm³/mol. The molecular weight excluding hydrogens is 365 g/mol. The lowest BCUT2D eigenvalue weighted by molar-refractivity contribution is 0.283. The number of rotatable bonds is 7. The highest BCUT2D eigenvalue weighted by molar-refractivity contribution is 6.31. The van der Waals surface area contributed by atoms with Crippen molar-refractivity contribution >= 4 is 17.3 Å². The van der Waals surface area contributed by atoms with Gasteiger partial charge in [-0.3, -0.25) is 0 Å². The van der Waals surface area contributed by atoms with Crippen molar-refractivity contribution in [2.75, 3.05) is 12.4 Å². The molecule has 1 N–H and O–H groups in total. The van der Waals surface area contributed by atoms with Crippen molar-refractivity contribution in [2.45, 2.75) is 20.1 Å². The molecule has 0 amide bonds. The summed E-state index contributed by atoms with van der Waals surface area (Å²) in [6, 6.07) is 18.5. The summed E-state index contributed by atoms with van der Waals surface area (Å²) in [6.45, 7) is 3.09. The third kappa shape index (κ3) is 4.92. The van der Waals surface area contributed by atoms with E-state index >= 15 is 0 Å². The molecule has 0 unspecified atom stereocenters. The monoisotopic (exact) mass is 385 g/mol. The highest BCUT2D eigenvalue weighted by Crippen LogP contribution is 2.29. The van der Waals surface area contributed by atoms with Crippen LogP contribution >= 0.6 is 11.6 Å². The van der Waals surface area contributed by atoms with Crippen LogP contribution in [-0.2, 0) is 13.2 Å². The molecule has 0 radical (unpaired) electrons. The molecule has 3 aromatic rings. The van der Waals surface area contributed by atoms with Crippen molar-refractivity contribution in [1.29, 1.82) is 0 Å². The van der Waals surface area contributed by atoms with E-state index in [-0.39, 0.29) is 5.02 Å². The first-order chi connectivity index (χ1) is 13.1. The summed E-state index contributed by atoms with van der Waals surface area (Å²) < 4.78 is 24.6. The molecule has 0 atom stereocenters. The quantitative estimate of drug-likeness (QED) is 0.542. The lowest BCUT2D eigenvalue weighted by Gasteiger charge is -2.14. The second-order valence-corrected chi connectivity index (χ2v) is 6.59. The van der Waals surface area contributed by atoms with Crippen molar-refractivity contribution in [2.24, 2.45) is 0 Å². The Labute approximate surface area is 163 Å². The molecule has 0 aromatic heterocycles. The number of hydrogen-bond acceptors (Lipinski definition) is 3. The van der Waals surface area contributed by atoms with Crippen LogP contribution in [0.5, 0.6) is 11.5 Å². The molecule has 3 nitrogen and oxygen atoms in total. The minimum absolute atomic E-state index is 0.0949. The van der Waals surface area contributed by atoms with E-state index in [4.69, 9.17) is 21.1 Å².